The average molecular weight is 116 g/mol. The first-order valence-corrected chi connectivity index (χ1v) is 4.14. The van der Waals surface area contributed by atoms with Crippen molar-refractivity contribution in [3.8, 4) is 0 Å². The van der Waals surface area contributed by atoms with E-state index in [4.69, 9.17) is 5.73 Å². The van der Waals surface area contributed by atoms with Crippen LogP contribution in [0.25, 0.3) is 0 Å². The molecule has 2 atom stereocenters. The van der Waals surface area contributed by atoms with E-state index in [2.05, 4.69) is 12.9 Å². The molecule has 40 valence electrons. The van der Waals surface area contributed by atoms with Gasteiger partial charge in [-0.25, -0.2) is 0 Å². The van der Waals surface area contributed by atoms with Crippen LogP contribution < -0.4 is 5.73 Å². The van der Waals surface area contributed by atoms with Crippen molar-refractivity contribution >= 4 is 13.8 Å². The number of hydrogen-bond acceptors (Lipinski definition) is 1. The van der Waals surface area contributed by atoms with Gasteiger partial charge in [-0.05, 0) is 6.08 Å². The predicted octanol–water partition coefficient (Wildman–Crippen LogP) is 1.00. The Balaban J connectivity index is 3.55. The van der Waals surface area contributed by atoms with Gasteiger partial charge in [0.1, 0.15) is 7.55 Å². The summed E-state index contributed by atoms with van der Waals surface area (Å²) in [5.41, 5.74) is 5.46. The monoisotopic (exact) mass is 116 g/mol. The second-order valence-electron chi connectivity index (χ2n) is 1.48. The van der Waals surface area contributed by atoms with Gasteiger partial charge in [-0.15, -0.1) is 0 Å². The molecule has 0 amide bonds. The maximum absolute atomic E-state index is 5.46. The van der Waals surface area contributed by atoms with E-state index in [-0.39, 0.29) is 13.3 Å². The van der Waals surface area contributed by atoms with Crippen molar-refractivity contribution in [1.29, 1.82) is 0 Å². The van der Waals surface area contributed by atoms with Crippen molar-refractivity contribution in [3.63, 3.8) is 0 Å². The lowest BCUT2D eigenvalue weighted by Crippen LogP contribution is -2.09. The van der Waals surface area contributed by atoms with E-state index in [0.717, 1.165) is 0 Å². The highest BCUT2D eigenvalue weighted by molar-refractivity contribution is 7.55. The molecule has 0 radical (unpaired) electrons. The summed E-state index contributed by atoms with van der Waals surface area (Å²) in [5.74, 6) is 0.120. The van der Waals surface area contributed by atoms with Crippen molar-refractivity contribution in [2.24, 2.45) is 5.73 Å². The molecule has 2 heteroatoms. The molecule has 0 aliphatic rings. The summed E-state index contributed by atoms with van der Waals surface area (Å²) >= 11 is 0. The van der Waals surface area contributed by atoms with Gasteiger partial charge < -0.3 is 0 Å². The summed E-state index contributed by atoms with van der Waals surface area (Å²) in [5, 5.41) is 0. The Labute approximate surface area is 45.6 Å². The third kappa shape index (κ3) is 2.55. The fourth-order valence-electron chi connectivity index (χ4n) is 0.180. The SMILES string of the molecule is C=CC(N)[P+](=C)C. The lowest BCUT2D eigenvalue weighted by molar-refractivity contribution is 1.16. The summed E-state index contributed by atoms with van der Waals surface area (Å²) in [4.78, 5) is 0. The molecule has 0 heterocycles. The van der Waals surface area contributed by atoms with Gasteiger partial charge in [0.2, 0.25) is 0 Å². The number of hydrogen-bond donors (Lipinski definition) is 1. The first kappa shape index (κ1) is 6.87. The van der Waals surface area contributed by atoms with Crippen LogP contribution in [0, 0.1) is 0 Å². The quantitative estimate of drug-likeness (QED) is 0.422. The Morgan fingerprint density at radius 2 is 2.29 bits per heavy atom. The van der Waals surface area contributed by atoms with E-state index in [1.54, 1.807) is 6.08 Å². The van der Waals surface area contributed by atoms with Crippen LogP contribution in [0.2, 0.25) is 0 Å². The number of rotatable bonds is 2. The molecular formula is C5H11NP+. The van der Waals surface area contributed by atoms with Gasteiger partial charge in [0.25, 0.3) is 0 Å². The molecule has 1 nitrogen and oxygen atoms in total. The Hall–Kier alpha value is -0.130. The molecule has 0 aromatic carbocycles. The molecule has 0 aromatic rings. The van der Waals surface area contributed by atoms with Crippen molar-refractivity contribution < 1.29 is 0 Å². The van der Waals surface area contributed by atoms with Crippen LogP contribution in [0.4, 0.5) is 0 Å². The maximum Gasteiger partial charge on any atom is 0.182 e. The second kappa shape index (κ2) is 2.95. The van der Waals surface area contributed by atoms with Gasteiger partial charge in [-0.1, -0.05) is 6.58 Å². The van der Waals surface area contributed by atoms with Gasteiger partial charge in [0.15, 0.2) is 5.78 Å². The third-order valence-corrected chi connectivity index (χ3v) is 1.98. The lowest BCUT2D eigenvalue weighted by Gasteiger charge is -1.89. The van der Waals surface area contributed by atoms with E-state index in [1.165, 1.54) is 0 Å². The van der Waals surface area contributed by atoms with E-state index in [9.17, 15) is 0 Å². The minimum atomic E-state index is -0.252. The molecule has 0 spiro atoms. The van der Waals surface area contributed by atoms with Crippen molar-refractivity contribution in [2.45, 2.75) is 5.78 Å². The smallest absolute Gasteiger partial charge is 0.182 e. The normalized spacial score (nSPS) is 15.4. The zero-order chi connectivity index (χ0) is 5.86. The van der Waals surface area contributed by atoms with E-state index in [1.807, 2.05) is 6.66 Å². The summed E-state index contributed by atoms with van der Waals surface area (Å²) < 4.78 is 0. The highest BCUT2D eigenvalue weighted by Crippen LogP contribution is 2.16. The van der Waals surface area contributed by atoms with E-state index in [0.29, 0.717) is 0 Å². The van der Waals surface area contributed by atoms with Crippen LogP contribution >= 0.6 is 7.55 Å². The average Bonchev–Trinajstić information content (AvgIpc) is 1.65. The molecule has 0 aromatic heterocycles. The van der Waals surface area contributed by atoms with Crippen molar-refractivity contribution in [2.75, 3.05) is 6.66 Å². The van der Waals surface area contributed by atoms with Gasteiger partial charge in [0.05, 0.1) is 13.0 Å². The molecule has 7 heavy (non-hydrogen) atoms. The third-order valence-electron chi connectivity index (χ3n) is 0.750. The van der Waals surface area contributed by atoms with Crippen molar-refractivity contribution in [3.05, 3.63) is 12.7 Å². The Morgan fingerprint density at radius 1 is 1.86 bits per heavy atom. The molecule has 0 saturated heterocycles. The topological polar surface area (TPSA) is 26.0 Å². The van der Waals surface area contributed by atoms with Gasteiger partial charge in [0, 0.05) is 0 Å². The van der Waals surface area contributed by atoms with Gasteiger partial charge in [-0.2, -0.15) is 0 Å². The minimum Gasteiger partial charge on any atom is -0.287 e. The fraction of sp³-hybridized carbons (Fsp3) is 0.400. The molecule has 0 saturated carbocycles. The molecule has 2 unspecified atom stereocenters. The zero-order valence-corrected chi connectivity index (χ0v) is 5.49. The maximum atomic E-state index is 5.46. The van der Waals surface area contributed by atoms with Gasteiger partial charge in [-0.3, -0.25) is 5.73 Å². The first-order valence-electron chi connectivity index (χ1n) is 2.10. The Kier molecular flexibility index (Phi) is 2.89. The highest BCUT2D eigenvalue weighted by atomic mass is 31.1. The Morgan fingerprint density at radius 3 is 2.29 bits per heavy atom. The van der Waals surface area contributed by atoms with Crippen LogP contribution in [-0.2, 0) is 0 Å². The largest absolute Gasteiger partial charge is 0.287 e. The predicted molar refractivity (Wildman–Crippen MR) is 38.1 cm³/mol. The fourth-order valence-corrected chi connectivity index (χ4v) is 0.540. The van der Waals surface area contributed by atoms with Crippen LogP contribution in [0.3, 0.4) is 0 Å². The molecule has 0 rings (SSSR count). The van der Waals surface area contributed by atoms with Crippen LogP contribution in [0.15, 0.2) is 12.7 Å². The van der Waals surface area contributed by atoms with Crippen molar-refractivity contribution in [1.82, 2.24) is 0 Å². The van der Waals surface area contributed by atoms with Crippen LogP contribution in [0.5, 0.6) is 0 Å². The zero-order valence-electron chi connectivity index (χ0n) is 4.59. The molecule has 2 N–H and O–H groups in total. The van der Waals surface area contributed by atoms with Crippen LogP contribution in [0.1, 0.15) is 0 Å². The van der Waals surface area contributed by atoms with E-state index < -0.39 is 0 Å². The minimum absolute atomic E-state index is 0.120. The molecule has 0 aliphatic heterocycles. The molecule has 0 bridgehead atoms. The molecule has 0 fully saturated rings. The molecular weight excluding hydrogens is 105 g/mol. The standard InChI is InChI=1S/C5H11NP/c1-4-5(6)7(2)3/h4-5H,1-2,6H2,3H3/q+1. The summed E-state index contributed by atoms with van der Waals surface area (Å²) in [7, 11) is -0.252. The number of nitrogens with two attached hydrogens (primary N) is 1. The first-order chi connectivity index (χ1) is 3.18. The van der Waals surface area contributed by atoms with Crippen LogP contribution in [-0.4, -0.2) is 18.7 Å². The van der Waals surface area contributed by atoms with E-state index >= 15 is 0 Å². The summed E-state index contributed by atoms with van der Waals surface area (Å²) in [6, 6.07) is 0. The summed E-state index contributed by atoms with van der Waals surface area (Å²) in [6.45, 7) is 5.56. The van der Waals surface area contributed by atoms with Gasteiger partial charge >= 0.3 is 0 Å². The lowest BCUT2D eigenvalue weighted by atomic mass is 10.7. The molecule has 0 aliphatic carbocycles. The summed E-state index contributed by atoms with van der Waals surface area (Å²) in [6.07, 6.45) is 5.51. The Bertz CT molecular complexity index is 88.1. The second-order valence-corrected chi connectivity index (χ2v) is 3.59. The highest BCUT2D eigenvalue weighted by Gasteiger charge is 2.03.